The number of methoxy groups -OCH3 is 1. The third-order valence-corrected chi connectivity index (χ3v) is 2.81. The summed E-state index contributed by atoms with van der Waals surface area (Å²) < 4.78 is 5.05. The number of carboxylic acids is 1. The second-order valence-electron chi connectivity index (χ2n) is 4.63. The fraction of sp³-hybridized carbons (Fsp3) is 0.467. The van der Waals surface area contributed by atoms with Crippen molar-refractivity contribution in [3.63, 3.8) is 0 Å². The van der Waals surface area contributed by atoms with Crippen LogP contribution in [0, 0.1) is 0 Å². The summed E-state index contributed by atoms with van der Waals surface area (Å²) in [5.41, 5.74) is 1.99. The number of amides is 1. The van der Waals surface area contributed by atoms with Crippen molar-refractivity contribution in [3.8, 4) is 0 Å². The van der Waals surface area contributed by atoms with Crippen LogP contribution in [0.1, 0.15) is 30.4 Å². The maximum atomic E-state index is 11.7. The van der Waals surface area contributed by atoms with E-state index in [1.54, 1.807) is 7.11 Å². The molecular weight excluding hydrogens is 258 g/mol. The molecule has 2 N–H and O–H groups in total. The zero-order valence-electron chi connectivity index (χ0n) is 11.7. The Labute approximate surface area is 118 Å². The summed E-state index contributed by atoms with van der Waals surface area (Å²) in [6, 6.07) is 7.72. The average Bonchev–Trinajstić information content (AvgIpc) is 2.38. The van der Waals surface area contributed by atoms with E-state index in [4.69, 9.17) is 9.84 Å². The number of carbonyl (C=O) groups excluding carboxylic acids is 1. The summed E-state index contributed by atoms with van der Waals surface area (Å²) in [5, 5.41) is 11.3. The molecule has 0 aromatic heterocycles. The first-order valence-corrected chi connectivity index (χ1v) is 6.67. The minimum Gasteiger partial charge on any atom is -0.481 e. The lowest BCUT2D eigenvalue weighted by Crippen LogP contribution is -2.26. The first kappa shape index (κ1) is 16.2. The van der Waals surface area contributed by atoms with Gasteiger partial charge in [-0.15, -0.1) is 0 Å². The van der Waals surface area contributed by atoms with Gasteiger partial charge in [-0.25, -0.2) is 0 Å². The van der Waals surface area contributed by atoms with Crippen LogP contribution in [-0.2, 0) is 27.4 Å². The number of carboxylic acid groups (broad SMARTS) is 1. The largest absolute Gasteiger partial charge is 0.481 e. The number of nitrogens with one attached hydrogen (secondary N) is 1. The molecule has 0 aliphatic heterocycles. The quantitative estimate of drug-likeness (QED) is 0.675. The average molecular weight is 279 g/mol. The predicted molar refractivity (Wildman–Crippen MR) is 75.4 cm³/mol. The summed E-state index contributed by atoms with van der Waals surface area (Å²) >= 11 is 0. The van der Waals surface area contributed by atoms with E-state index in [9.17, 15) is 9.59 Å². The molecule has 0 atom stereocenters. The SMILES string of the molecule is COCc1cccc(CC(=O)NCCCCC(=O)O)c1. The van der Waals surface area contributed by atoms with Crippen molar-refractivity contribution in [2.24, 2.45) is 0 Å². The summed E-state index contributed by atoms with van der Waals surface area (Å²) in [6.45, 7) is 1.05. The molecule has 1 amide bonds. The van der Waals surface area contributed by atoms with Gasteiger partial charge in [-0.05, 0) is 24.0 Å². The number of hydrogen-bond donors (Lipinski definition) is 2. The van der Waals surface area contributed by atoms with Crippen molar-refractivity contribution < 1.29 is 19.4 Å². The number of carbonyl (C=O) groups is 2. The minimum absolute atomic E-state index is 0.0464. The Morgan fingerprint density at radius 1 is 1.25 bits per heavy atom. The van der Waals surface area contributed by atoms with Crippen LogP contribution in [0.5, 0.6) is 0 Å². The van der Waals surface area contributed by atoms with E-state index in [2.05, 4.69) is 5.32 Å². The molecule has 0 aliphatic rings. The van der Waals surface area contributed by atoms with Crippen molar-refractivity contribution >= 4 is 11.9 Å². The normalized spacial score (nSPS) is 10.2. The van der Waals surface area contributed by atoms with Crippen LogP contribution in [0.3, 0.4) is 0 Å². The van der Waals surface area contributed by atoms with E-state index < -0.39 is 5.97 Å². The summed E-state index contributed by atoms with van der Waals surface area (Å²) in [5.74, 6) is -0.846. The molecule has 5 heteroatoms. The number of ether oxygens (including phenoxy) is 1. The molecule has 0 saturated heterocycles. The molecule has 1 rings (SSSR count). The highest BCUT2D eigenvalue weighted by molar-refractivity contribution is 5.78. The summed E-state index contributed by atoms with van der Waals surface area (Å²) in [4.78, 5) is 22.0. The van der Waals surface area contributed by atoms with Crippen LogP contribution in [0.4, 0.5) is 0 Å². The van der Waals surface area contributed by atoms with Gasteiger partial charge in [0.05, 0.1) is 13.0 Å². The van der Waals surface area contributed by atoms with E-state index >= 15 is 0 Å². The van der Waals surface area contributed by atoms with E-state index in [-0.39, 0.29) is 12.3 Å². The molecule has 0 bridgehead atoms. The van der Waals surface area contributed by atoms with Crippen molar-refractivity contribution in [3.05, 3.63) is 35.4 Å². The van der Waals surface area contributed by atoms with Gasteiger partial charge in [0.25, 0.3) is 0 Å². The van der Waals surface area contributed by atoms with Gasteiger partial charge >= 0.3 is 5.97 Å². The zero-order valence-corrected chi connectivity index (χ0v) is 11.7. The maximum absolute atomic E-state index is 11.7. The lowest BCUT2D eigenvalue weighted by atomic mass is 10.1. The van der Waals surface area contributed by atoms with Gasteiger partial charge in [-0.2, -0.15) is 0 Å². The Kier molecular flexibility index (Phi) is 7.35. The van der Waals surface area contributed by atoms with E-state index in [1.807, 2.05) is 24.3 Å². The molecule has 0 unspecified atom stereocenters. The van der Waals surface area contributed by atoms with Gasteiger partial charge in [0.15, 0.2) is 0 Å². The molecule has 110 valence electrons. The lowest BCUT2D eigenvalue weighted by Gasteiger charge is -2.06. The molecule has 20 heavy (non-hydrogen) atoms. The van der Waals surface area contributed by atoms with Crippen LogP contribution in [0.25, 0.3) is 0 Å². The Morgan fingerprint density at radius 3 is 2.70 bits per heavy atom. The van der Waals surface area contributed by atoms with Gasteiger partial charge in [0, 0.05) is 20.1 Å². The van der Waals surface area contributed by atoms with Crippen molar-refractivity contribution in [1.29, 1.82) is 0 Å². The number of unbranched alkanes of at least 4 members (excludes halogenated alkanes) is 1. The Hall–Kier alpha value is -1.88. The van der Waals surface area contributed by atoms with Crippen LogP contribution >= 0.6 is 0 Å². The Morgan fingerprint density at radius 2 is 2.00 bits per heavy atom. The number of benzene rings is 1. The number of rotatable bonds is 9. The fourth-order valence-electron chi connectivity index (χ4n) is 1.87. The molecule has 0 spiro atoms. The first-order valence-electron chi connectivity index (χ1n) is 6.67. The molecule has 0 fully saturated rings. The Bertz CT molecular complexity index is 445. The highest BCUT2D eigenvalue weighted by Gasteiger charge is 2.04. The maximum Gasteiger partial charge on any atom is 0.303 e. The van der Waals surface area contributed by atoms with Gasteiger partial charge in [0.1, 0.15) is 0 Å². The van der Waals surface area contributed by atoms with Crippen molar-refractivity contribution in [1.82, 2.24) is 5.32 Å². The second-order valence-corrected chi connectivity index (χ2v) is 4.63. The predicted octanol–water partition coefficient (Wildman–Crippen LogP) is 1.75. The molecule has 1 aromatic rings. The van der Waals surface area contributed by atoms with Crippen molar-refractivity contribution in [2.45, 2.75) is 32.3 Å². The van der Waals surface area contributed by atoms with E-state index in [0.29, 0.717) is 32.4 Å². The van der Waals surface area contributed by atoms with Crippen LogP contribution in [-0.4, -0.2) is 30.6 Å². The second kappa shape index (κ2) is 9.09. The highest BCUT2D eigenvalue weighted by atomic mass is 16.5. The molecule has 5 nitrogen and oxygen atoms in total. The third-order valence-electron chi connectivity index (χ3n) is 2.81. The minimum atomic E-state index is -0.800. The van der Waals surface area contributed by atoms with Gasteiger partial charge in [-0.3, -0.25) is 9.59 Å². The third kappa shape index (κ3) is 6.89. The topological polar surface area (TPSA) is 75.6 Å². The monoisotopic (exact) mass is 279 g/mol. The number of aliphatic carboxylic acids is 1. The standard InChI is InChI=1S/C15H21NO4/c1-20-11-13-6-4-5-12(9-13)10-14(17)16-8-3-2-7-15(18)19/h4-6,9H,2-3,7-8,10-11H2,1H3,(H,16,17)(H,18,19). The molecule has 0 radical (unpaired) electrons. The van der Waals surface area contributed by atoms with Gasteiger partial charge in [-0.1, -0.05) is 24.3 Å². The van der Waals surface area contributed by atoms with Crippen LogP contribution in [0.2, 0.25) is 0 Å². The first-order chi connectivity index (χ1) is 9.61. The van der Waals surface area contributed by atoms with Crippen LogP contribution < -0.4 is 5.32 Å². The zero-order chi connectivity index (χ0) is 14.8. The van der Waals surface area contributed by atoms with E-state index in [1.165, 1.54) is 0 Å². The Balaban J connectivity index is 2.27. The van der Waals surface area contributed by atoms with Gasteiger partial charge in [0.2, 0.25) is 5.91 Å². The molecule has 0 aliphatic carbocycles. The fourth-order valence-corrected chi connectivity index (χ4v) is 1.87. The molecule has 0 heterocycles. The lowest BCUT2D eigenvalue weighted by molar-refractivity contribution is -0.137. The summed E-state index contributed by atoms with van der Waals surface area (Å²) in [7, 11) is 1.64. The molecular formula is C15H21NO4. The van der Waals surface area contributed by atoms with E-state index in [0.717, 1.165) is 11.1 Å². The molecule has 0 saturated carbocycles. The van der Waals surface area contributed by atoms with Gasteiger partial charge < -0.3 is 15.2 Å². The van der Waals surface area contributed by atoms with Crippen LogP contribution in [0.15, 0.2) is 24.3 Å². The highest BCUT2D eigenvalue weighted by Crippen LogP contribution is 2.07. The smallest absolute Gasteiger partial charge is 0.303 e. The molecule has 1 aromatic carbocycles. The number of hydrogen-bond acceptors (Lipinski definition) is 3. The summed E-state index contributed by atoms with van der Waals surface area (Å²) in [6.07, 6.45) is 1.74. The van der Waals surface area contributed by atoms with Crippen molar-refractivity contribution in [2.75, 3.05) is 13.7 Å².